The maximum absolute atomic E-state index is 12.2. The summed E-state index contributed by atoms with van der Waals surface area (Å²) in [6.45, 7) is 4.73. The van der Waals surface area contributed by atoms with Crippen LogP contribution < -0.4 is 10.0 Å². The molecule has 1 amide bonds. The summed E-state index contributed by atoms with van der Waals surface area (Å²) in [6.07, 6.45) is 15.5. The summed E-state index contributed by atoms with van der Waals surface area (Å²) in [7, 11) is 0. The van der Waals surface area contributed by atoms with E-state index in [1.165, 1.54) is 4.91 Å². The molecule has 1 aliphatic rings. The Morgan fingerprint density at radius 3 is 2.69 bits per heavy atom. The van der Waals surface area contributed by atoms with Crippen molar-refractivity contribution in [3.05, 3.63) is 77.5 Å². The summed E-state index contributed by atoms with van der Waals surface area (Å²) >= 11 is 1.59. The van der Waals surface area contributed by atoms with Crippen molar-refractivity contribution in [2.75, 3.05) is 13.1 Å². The molecule has 3 rings (SSSR count). The van der Waals surface area contributed by atoms with E-state index in [1.54, 1.807) is 18.9 Å². The number of aromatic nitrogens is 1. The SMILES string of the molecule is C#CC.C/C=C\C=C1/CC(=NCCNC(=O)c2ccc(-n3cccc3)cc2)NS1. The highest BCUT2D eigenvalue weighted by Gasteiger charge is 2.13. The van der Waals surface area contributed by atoms with E-state index >= 15 is 0 Å². The van der Waals surface area contributed by atoms with Gasteiger partial charge in [-0.2, -0.15) is 0 Å². The molecule has 0 bridgehead atoms. The van der Waals surface area contributed by atoms with Gasteiger partial charge in [0.05, 0.1) is 6.54 Å². The molecule has 150 valence electrons. The van der Waals surface area contributed by atoms with E-state index in [-0.39, 0.29) is 5.91 Å². The molecule has 1 saturated heterocycles. The lowest BCUT2D eigenvalue weighted by Gasteiger charge is -2.06. The Labute approximate surface area is 177 Å². The molecule has 1 aromatic carbocycles. The zero-order chi connectivity index (χ0) is 20.9. The van der Waals surface area contributed by atoms with Gasteiger partial charge in [0.15, 0.2) is 0 Å². The van der Waals surface area contributed by atoms with Crippen molar-refractivity contribution in [3.8, 4) is 18.0 Å². The molecule has 2 heterocycles. The summed E-state index contributed by atoms with van der Waals surface area (Å²) in [5.74, 6) is 3.13. The number of nitrogens with one attached hydrogen (secondary N) is 2. The van der Waals surface area contributed by atoms with Crippen LogP contribution in [0.5, 0.6) is 0 Å². The van der Waals surface area contributed by atoms with Gasteiger partial charge in [0, 0.05) is 41.5 Å². The Morgan fingerprint density at radius 2 is 2.03 bits per heavy atom. The van der Waals surface area contributed by atoms with Gasteiger partial charge in [-0.1, -0.05) is 18.2 Å². The Bertz CT molecular complexity index is 903. The van der Waals surface area contributed by atoms with Crippen molar-refractivity contribution in [2.45, 2.75) is 20.3 Å². The van der Waals surface area contributed by atoms with Gasteiger partial charge in [-0.15, -0.1) is 12.3 Å². The fourth-order valence-corrected chi connectivity index (χ4v) is 3.24. The van der Waals surface area contributed by atoms with Crippen LogP contribution in [0.25, 0.3) is 5.69 Å². The predicted octanol–water partition coefficient (Wildman–Crippen LogP) is 4.35. The number of hydrogen-bond acceptors (Lipinski definition) is 3. The smallest absolute Gasteiger partial charge is 0.251 e. The first-order valence-corrected chi connectivity index (χ1v) is 10.2. The van der Waals surface area contributed by atoms with Crippen LogP contribution in [0.3, 0.4) is 0 Å². The molecule has 0 saturated carbocycles. The molecule has 0 unspecified atom stereocenters. The molecule has 1 aromatic heterocycles. The van der Waals surface area contributed by atoms with Crippen LogP contribution in [0.1, 0.15) is 30.6 Å². The highest BCUT2D eigenvalue weighted by Crippen LogP contribution is 2.23. The maximum Gasteiger partial charge on any atom is 0.251 e. The number of amidine groups is 1. The number of amides is 1. The third-order valence-corrected chi connectivity index (χ3v) is 4.73. The fourth-order valence-electron chi connectivity index (χ4n) is 2.50. The van der Waals surface area contributed by atoms with Gasteiger partial charge >= 0.3 is 0 Å². The van der Waals surface area contributed by atoms with Crippen molar-refractivity contribution in [2.24, 2.45) is 4.99 Å². The monoisotopic (exact) mass is 406 g/mol. The number of nitrogens with zero attached hydrogens (tertiary/aromatic N) is 2. The molecule has 2 N–H and O–H groups in total. The zero-order valence-corrected chi connectivity index (χ0v) is 17.6. The lowest BCUT2D eigenvalue weighted by atomic mass is 10.2. The van der Waals surface area contributed by atoms with Crippen LogP contribution >= 0.6 is 11.9 Å². The molecule has 1 fully saturated rings. The van der Waals surface area contributed by atoms with Gasteiger partial charge in [0.2, 0.25) is 0 Å². The molecule has 0 aliphatic carbocycles. The standard InChI is InChI=1S/C20H22N4OS.C3H4/c1-2-3-6-18-15-19(23-26-18)21-11-12-22-20(25)16-7-9-17(10-8-16)24-13-4-5-14-24;1-3-2/h2-10,13-14H,11-12,15H2,1H3,(H,21,23)(H,22,25);1H,2H3/b3-2-,18-6+;. The molecule has 1 aliphatic heterocycles. The summed E-state index contributed by atoms with van der Waals surface area (Å²) in [4.78, 5) is 17.9. The largest absolute Gasteiger partial charge is 0.350 e. The van der Waals surface area contributed by atoms with Gasteiger partial charge in [-0.05, 0) is 62.2 Å². The second kappa shape index (κ2) is 12.3. The summed E-state index contributed by atoms with van der Waals surface area (Å²) in [5.41, 5.74) is 1.68. The van der Waals surface area contributed by atoms with E-state index in [2.05, 4.69) is 33.5 Å². The fraction of sp³-hybridized carbons (Fsp3) is 0.217. The summed E-state index contributed by atoms with van der Waals surface area (Å²) in [5, 5.41) is 2.91. The Balaban J connectivity index is 0.000000941. The highest BCUT2D eigenvalue weighted by atomic mass is 32.2. The minimum atomic E-state index is -0.0771. The van der Waals surface area contributed by atoms with Crippen LogP contribution in [0.2, 0.25) is 0 Å². The lowest BCUT2D eigenvalue weighted by Crippen LogP contribution is -2.26. The van der Waals surface area contributed by atoms with Crippen molar-refractivity contribution in [1.29, 1.82) is 0 Å². The number of aliphatic imine (C=N–C) groups is 1. The third-order valence-electron chi connectivity index (χ3n) is 3.85. The Hall–Kier alpha value is -3.17. The number of allylic oxidation sites excluding steroid dienone is 3. The van der Waals surface area contributed by atoms with Crippen LogP contribution in [0.15, 0.2) is 76.9 Å². The molecule has 2 aromatic rings. The summed E-state index contributed by atoms with van der Waals surface area (Å²) < 4.78 is 5.21. The van der Waals surface area contributed by atoms with Crippen molar-refractivity contribution >= 4 is 23.7 Å². The van der Waals surface area contributed by atoms with Crippen molar-refractivity contribution < 1.29 is 4.79 Å². The number of carbonyl (C=O) groups excluding carboxylic acids is 1. The highest BCUT2D eigenvalue weighted by molar-refractivity contribution is 8.02. The van der Waals surface area contributed by atoms with Gasteiger partial charge < -0.3 is 14.6 Å². The molecule has 0 spiro atoms. The van der Waals surface area contributed by atoms with Crippen LogP contribution in [-0.4, -0.2) is 29.4 Å². The number of carbonyl (C=O) groups is 1. The number of rotatable bonds is 6. The first-order chi connectivity index (χ1) is 14.2. The number of terminal acetylenes is 1. The van der Waals surface area contributed by atoms with E-state index in [0.29, 0.717) is 18.7 Å². The third kappa shape index (κ3) is 7.40. The molecule has 0 radical (unpaired) electrons. The second-order valence-corrected chi connectivity index (χ2v) is 6.98. The maximum atomic E-state index is 12.2. The minimum absolute atomic E-state index is 0.0771. The van der Waals surface area contributed by atoms with Crippen molar-refractivity contribution in [3.63, 3.8) is 0 Å². The van der Waals surface area contributed by atoms with Gasteiger partial charge in [0.25, 0.3) is 5.91 Å². The minimum Gasteiger partial charge on any atom is -0.350 e. The average Bonchev–Trinajstić information content (AvgIpc) is 3.42. The Kier molecular flexibility index (Phi) is 9.40. The molecule has 0 atom stereocenters. The van der Waals surface area contributed by atoms with Gasteiger partial charge in [-0.3, -0.25) is 9.79 Å². The van der Waals surface area contributed by atoms with Crippen LogP contribution in [0.4, 0.5) is 0 Å². The summed E-state index contributed by atoms with van der Waals surface area (Å²) in [6, 6.07) is 11.5. The van der Waals surface area contributed by atoms with Gasteiger partial charge in [0.1, 0.15) is 5.84 Å². The molecular formula is C23H26N4OS. The first kappa shape index (κ1) is 22.1. The topological polar surface area (TPSA) is 58.4 Å². The van der Waals surface area contributed by atoms with Crippen LogP contribution in [0, 0.1) is 12.3 Å². The number of hydrogen-bond donors (Lipinski definition) is 2. The van der Waals surface area contributed by atoms with Gasteiger partial charge in [-0.25, -0.2) is 0 Å². The van der Waals surface area contributed by atoms with E-state index in [9.17, 15) is 4.79 Å². The lowest BCUT2D eigenvalue weighted by molar-refractivity contribution is 0.0955. The number of benzene rings is 1. The zero-order valence-electron chi connectivity index (χ0n) is 16.8. The molecule has 29 heavy (non-hydrogen) atoms. The first-order valence-electron chi connectivity index (χ1n) is 9.35. The molecular weight excluding hydrogens is 380 g/mol. The predicted molar refractivity (Wildman–Crippen MR) is 123 cm³/mol. The molecule has 5 nitrogen and oxygen atoms in total. The van der Waals surface area contributed by atoms with E-state index < -0.39 is 0 Å². The normalized spacial score (nSPS) is 15.6. The van der Waals surface area contributed by atoms with E-state index in [0.717, 1.165) is 17.9 Å². The average molecular weight is 407 g/mol. The van der Waals surface area contributed by atoms with E-state index in [1.807, 2.05) is 72.4 Å². The molecule has 6 heteroatoms. The second-order valence-electron chi connectivity index (χ2n) is 6.05. The Morgan fingerprint density at radius 1 is 1.34 bits per heavy atom. The van der Waals surface area contributed by atoms with Crippen molar-refractivity contribution in [1.82, 2.24) is 14.6 Å². The quantitative estimate of drug-likeness (QED) is 0.426. The van der Waals surface area contributed by atoms with E-state index in [4.69, 9.17) is 0 Å². The van der Waals surface area contributed by atoms with Crippen LogP contribution in [-0.2, 0) is 0 Å².